The Balaban J connectivity index is 0.000000283. The maximum atomic E-state index is 9.50. The van der Waals surface area contributed by atoms with Crippen molar-refractivity contribution >= 4 is 0 Å². The van der Waals surface area contributed by atoms with Crippen LogP contribution in [0.25, 0.3) is 0 Å². The van der Waals surface area contributed by atoms with Crippen LogP contribution in [-0.2, 0) is 19.4 Å². The zero-order valence-electron chi connectivity index (χ0n) is 11.5. The molecule has 18 heavy (non-hydrogen) atoms. The van der Waals surface area contributed by atoms with Crippen molar-refractivity contribution < 1.29 is 22.7 Å². The molecule has 0 amide bonds. The second-order valence-corrected chi connectivity index (χ2v) is 4.93. The van der Waals surface area contributed by atoms with Crippen molar-refractivity contribution in [1.82, 2.24) is 0 Å². The number of allylic oxidation sites excluding steroid dienone is 4. The van der Waals surface area contributed by atoms with E-state index in [-0.39, 0.29) is 0 Å². The van der Waals surface area contributed by atoms with E-state index in [0.717, 1.165) is 0 Å². The molecule has 0 saturated heterocycles. The van der Waals surface area contributed by atoms with Crippen molar-refractivity contribution in [2.45, 2.75) is 77.0 Å². The van der Waals surface area contributed by atoms with Crippen molar-refractivity contribution in [3.63, 3.8) is 0 Å². The molecular formula is C16H28FIr. The third kappa shape index (κ3) is 14.1. The molecule has 0 atom stereocenters. The first kappa shape index (κ1) is 18.1. The predicted octanol–water partition coefficient (Wildman–Crippen LogP) is 6.21. The number of hydrogen-bond acceptors (Lipinski definition) is 0. The van der Waals surface area contributed by atoms with Crippen LogP contribution in [0.1, 0.15) is 77.0 Å². The fourth-order valence-electron chi connectivity index (χ4n) is 2.23. The van der Waals surface area contributed by atoms with E-state index in [4.69, 9.17) is 0 Å². The van der Waals surface area contributed by atoms with E-state index in [1.165, 1.54) is 77.0 Å². The molecule has 2 aliphatic carbocycles. The monoisotopic (exact) mass is 432 g/mol. The van der Waals surface area contributed by atoms with Gasteiger partial charge >= 0.3 is 22.7 Å². The van der Waals surface area contributed by atoms with Gasteiger partial charge in [-0.25, -0.2) is 0 Å². The summed E-state index contributed by atoms with van der Waals surface area (Å²) in [7, 11) is 0. The standard InChI is InChI=1S/2C8H14.FH.Ir/c2*1-2-4-6-8-7-5-3-1;;/h2*1-2H,3-8H2;1H;/q;;;+1/p-1/b2*2-1-;;. The summed E-state index contributed by atoms with van der Waals surface area (Å²) >= 11 is 0.500. The summed E-state index contributed by atoms with van der Waals surface area (Å²) in [4.78, 5) is 0. The molecule has 0 aromatic rings. The molecule has 0 aromatic carbocycles. The van der Waals surface area contributed by atoms with Crippen LogP contribution in [0, 0.1) is 0 Å². The second-order valence-electron chi connectivity index (χ2n) is 4.93. The third-order valence-corrected chi connectivity index (χ3v) is 3.32. The Hall–Kier alpha value is 0.0594. The van der Waals surface area contributed by atoms with E-state index in [9.17, 15) is 3.25 Å². The first-order chi connectivity index (χ1) is 9.00. The van der Waals surface area contributed by atoms with Gasteiger partial charge in [0.1, 0.15) is 0 Å². The van der Waals surface area contributed by atoms with Crippen LogP contribution in [0.3, 0.4) is 0 Å². The molecule has 2 rings (SSSR count). The average Bonchev–Trinajstić information content (AvgIpc) is 2.30. The van der Waals surface area contributed by atoms with Gasteiger partial charge in [0.05, 0.1) is 0 Å². The van der Waals surface area contributed by atoms with Crippen LogP contribution in [0.2, 0.25) is 0 Å². The fraction of sp³-hybridized carbons (Fsp3) is 0.750. The van der Waals surface area contributed by atoms with Gasteiger partial charge in [-0.2, -0.15) is 0 Å². The molecule has 0 fully saturated rings. The summed E-state index contributed by atoms with van der Waals surface area (Å²) in [5.41, 5.74) is 0. The summed E-state index contributed by atoms with van der Waals surface area (Å²) in [6.45, 7) is 0. The van der Waals surface area contributed by atoms with Gasteiger partial charge in [-0.1, -0.05) is 50.0 Å². The first-order valence-corrected chi connectivity index (χ1v) is 8.33. The van der Waals surface area contributed by atoms with E-state index in [2.05, 4.69) is 24.3 Å². The minimum atomic E-state index is 0.500. The van der Waals surface area contributed by atoms with E-state index >= 15 is 0 Å². The number of hydrogen-bond donors (Lipinski definition) is 0. The quantitative estimate of drug-likeness (QED) is 0.400. The first-order valence-electron chi connectivity index (χ1n) is 7.43. The molecular weight excluding hydrogens is 403 g/mol. The van der Waals surface area contributed by atoms with Crippen LogP contribution in [-0.4, -0.2) is 0 Å². The summed E-state index contributed by atoms with van der Waals surface area (Å²) in [6, 6.07) is 0. The van der Waals surface area contributed by atoms with Gasteiger partial charge in [-0.15, -0.1) is 0 Å². The van der Waals surface area contributed by atoms with Gasteiger partial charge in [0.15, 0.2) is 0 Å². The molecule has 0 unspecified atom stereocenters. The van der Waals surface area contributed by atoms with Crippen molar-refractivity contribution in [2.24, 2.45) is 0 Å². The Morgan fingerprint density at radius 2 is 0.667 bits per heavy atom. The van der Waals surface area contributed by atoms with E-state index in [1.54, 1.807) is 0 Å². The van der Waals surface area contributed by atoms with Crippen molar-refractivity contribution in [3.8, 4) is 0 Å². The Morgan fingerprint density at radius 3 is 0.889 bits per heavy atom. The van der Waals surface area contributed by atoms with Gasteiger partial charge < -0.3 is 0 Å². The van der Waals surface area contributed by atoms with E-state index < -0.39 is 0 Å². The minimum absolute atomic E-state index is 0.500. The van der Waals surface area contributed by atoms with Crippen LogP contribution in [0.4, 0.5) is 3.25 Å². The van der Waals surface area contributed by atoms with Crippen LogP contribution >= 0.6 is 0 Å². The van der Waals surface area contributed by atoms with Crippen LogP contribution in [0.15, 0.2) is 24.3 Å². The van der Waals surface area contributed by atoms with Crippen LogP contribution < -0.4 is 0 Å². The maximum absolute atomic E-state index is 9.50. The Bertz CT molecular complexity index is 157. The van der Waals surface area contributed by atoms with Crippen molar-refractivity contribution in [3.05, 3.63) is 24.3 Å². The molecule has 0 spiro atoms. The SMILES string of the molecule is C1=C\CCCCCC/1.C1=C\CCCCCC/1.[F][Ir]. The van der Waals surface area contributed by atoms with Crippen molar-refractivity contribution in [1.29, 1.82) is 0 Å². The molecule has 0 aliphatic heterocycles. The van der Waals surface area contributed by atoms with E-state index in [0.29, 0.717) is 19.4 Å². The molecule has 0 N–H and O–H groups in total. The van der Waals surface area contributed by atoms with Gasteiger partial charge in [0.25, 0.3) is 0 Å². The summed E-state index contributed by atoms with van der Waals surface area (Å²) < 4.78 is 9.50. The molecule has 0 heterocycles. The van der Waals surface area contributed by atoms with Gasteiger partial charge in [-0.3, -0.25) is 0 Å². The Kier molecular flexibility index (Phi) is 17.1. The van der Waals surface area contributed by atoms with Crippen LogP contribution in [0.5, 0.6) is 0 Å². The zero-order chi connectivity index (χ0) is 13.3. The molecule has 2 heteroatoms. The average molecular weight is 432 g/mol. The number of halogens is 1. The molecule has 0 saturated carbocycles. The molecule has 0 radical (unpaired) electrons. The molecule has 108 valence electrons. The Morgan fingerprint density at radius 1 is 0.444 bits per heavy atom. The molecule has 0 bridgehead atoms. The second kappa shape index (κ2) is 17.1. The molecule has 2 aliphatic rings. The molecule has 0 nitrogen and oxygen atoms in total. The fourth-order valence-corrected chi connectivity index (χ4v) is 2.23. The Labute approximate surface area is 124 Å². The predicted molar refractivity (Wildman–Crippen MR) is 74.8 cm³/mol. The zero-order valence-corrected chi connectivity index (χ0v) is 13.9. The van der Waals surface area contributed by atoms with Gasteiger partial charge in [0, 0.05) is 0 Å². The van der Waals surface area contributed by atoms with E-state index in [1.807, 2.05) is 0 Å². The third-order valence-electron chi connectivity index (χ3n) is 3.32. The van der Waals surface area contributed by atoms with Gasteiger partial charge in [-0.05, 0) is 51.4 Å². The summed E-state index contributed by atoms with van der Waals surface area (Å²) in [5.74, 6) is 0. The van der Waals surface area contributed by atoms with Gasteiger partial charge in [0.2, 0.25) is 0 Å². The summed E-state index contributed by atoms with van der Waals surface area (Å²) in [6.07, 6.45) is 26.0. The normalized spacial score (nSPS) is 23.5. The topological polar surface area (TPSA) is 0 Å². The molecule has 0 aromatic heterocycles. The number of rotatable bonds is 0. The summed E-state index contributed by atoms with van der Waals surface area (Å²) in [5, 5.41) is 0. The van der Waals surface area contributed by atoms with Crippen molar-refractivity contribution in [2.75, 3.05) is 0 Å².